The van der Waals surface area contributed by atoms with Crippen molar-refractivity contribution in [3.05, 3.63) is 35.9 Å². The van der Waals surface area contributed by atoms with Crippen LogP contribution in [0.3, 0.4) is 0 Å². The summed E-state index contributed by atoms with van der Waals surface area (Å²) in [5.41, 5.74) is 1.45. The Morgan fingerprint density at radius 1 is 1.29 bits per heavy atom. The maximum absolute atomic E-state index is 10.8. The molecule has 2 aliphatic heterocycles. The number of hydrogen-bond acceptors (Lipinski definition) is 2. The molecule has 17 heavy (non-hydrogen) atoms. The van der Waals surface area contributed by atoms with E-state index in [1.165, 1.54) is 10.5 Å². The molecule has 4 nitrogen and oxygen atoms in total. The Kier molecular flexibility index (Phi) is 2.33. The van der Waals surface area contributed by atoms with E-state index in [0.717, 1.165) is 19.5 Å². The minimum absolute atomic E-state index is 0.147. The van der Waals surface area contributed by atoms with Gasteiger partial charge in [-0.1, -0.05) is 30.3 Å². The molecular weight excluding hydrogens is 216 g/mol. The first kappa shape index (κ1) is 10.6. The summed E-state index contributed by atoms with van der Waals surface area (Å²) >= 11 is 0. The predicted molar refractivity (Wildman–Crippen MR) is 63.8 cm³/mol. The van der Waals surface area contributed by atoms with Gasteiger partial charge >= 0.3 is 6.09 Å². The third-order valence-electron chi connectivity index (χ3n) is 3.98. The molecule has 1 spiro atoms. The molecule has 1 aromatic rings. The summed E-state index contributed by atoms with van der Waals surface area (Å²) < 4.78 is 0. The molecule has 1 amide bonds. The third kappa shape index (κ3) is 1.69. The van der Waals surface area contributed by atoms with Crippen molar-refractivity contribution in [2.75, 3.05) is 19.6 Å². The van der Waals surface area contributed by atoms with Gasteiger partial charge in [0.05, 0.1) is 5.54 Å². The molecule has 1 N–H and O–H groups in total. The average molecular weight is 232 g/mol. The average Bonchev–Trinajstić information content (AvgIpc) is 2.24. The lowest BCUT2D eigenvalue weighted by Crippen LogP contribution is -2.76. The second-order valence-electron chi connectivity index (χ2n) is 5.02. The standard InChI is InChI=1S/C13H16N2O2/c16-12(17)14-9-13(10-14)6-7-15(13)8-11-4-2-1-3-5-11/h1-5H,6-10H2,(H,16,17). The zero-order valence-corrected chi connectivity index (χ0v) is 9.67. The number of benzene rings is 1. The van der Waals surface area contributed by atoms with Gasteiger partial charge in [0.15, 0.2) is 0 Å². The van der Waals surface area contributed by atoms with Gasteiger partial charge in [0.25, 0.3) is 0 Å². The zero-order chi connectivity index (χ0) is 11.9. The van der Waals surface area contributed by atoms with E-state index in [0.29, 0.717) is 13.1 Å². The van der Waals surface area contributed by atoms with E-state index in [4.69, 9.17) is 5.11 Å². The van der Waals surface area contributed by atoms with E-state index in [1.54, 1.807) is 0 Å². The van der Waals surface area contributed by atoms with E-state index >= 15 is 0 Å². The highest BCUT2D eigenvalue weighted by Crippen LogP contribution is 2.39. The first-order chi connectivity index (χ1) is 8.20. The number of likely N-dealkylation sites (tertiary alicyclic amines) is 2. The molecule has 0 unspecified atom stereocenters. The molecule has 0 radical (unpaired) electrons. The maximum Gasteiger partial charge on any atom is 0.407 e. The summed E-state index contributed by atoms with van der Waals surface area (Å²) in [4.78, 5) is 14.7. The number of carbonyl (C=O) groups is 1. The highest BCUT2D eigenvalue weighted by atomic mass is 16.4. The lowest BCUT2D eigenvalue weighted by molar-refractivity contribution is -0.115. The lowest BCUT2D eigenvalue weighted by Gasteiger charge is -2.62. The molecule has 0 saturated carbocycles. The smallest absolute Gasteiger partial charge is 0.407 e. The molecule has 0 aliphatic carbocycles. The minimum Gasteiger partial charge on any atom is -0.465 e. The first-order valence-corrected chi connectivity index (χ1v) is 5.96. The Bertz CT molecular complexity index is 426. The Labute approximate surface area is 100 Å². The van der Waals surface area contributed by atoms with Crippen molar-refractivity contribution in [2.45, 2.75) is 18.5 Å². The molecule has 2 aliphatic rings. The van der Waals surface area contributed by atoms with Crippen molar-refractivity contribution in [2.24, 2.45) is 0 Å². The molecule has 0 bridgehead atoms. The van der Waals surface area contributed by atoms with E-state index in [9.17, 15) is 4.79 Å². The highest BCUT2D eigenvalue weighted by molar-refractivity contribution is 5.67. The van der Waals surface area contributed by atoms with Crippen LogP contribution < -0.4 is 0 Å². The van der Waals surface area contributed by atoms with E-state index in [2.05, 4.69) is 17.0 Å². The number of rotatable bonds is 2. The topological polar surface area (TPSA) is 43.8 Å². The van der Waals surface area contributed by atoms with Crippen LogP contribution in [0.2, 0.25) is 0 Å². The fraction of sp³-hybridized carbons (Fsp3) is 0.462. The molecule has 1 aromatic carbocycles. The van der Waals surface area contributed by atoms with Crippen LogP contribution in [0, 0.1) is 0 Å². The van der Waals surface area contributed by atoms with E-state index < -0.39 is 6.09 Å². The number of amides is 1. The van der Waals surface area contributed by atoms with Crippen LogP contribution >= 0.6 is 0 Å². The van der Waals surface area contributed by atoms with Gasteiger partial charge in [0.1, 0.15) is 0 Å². The third-order valence-corrected chi connectivity index (χ3v) is 3.98. The molecule has 4 heteroatoms. The van der Waals surface area contributed by atoms with Crippen LogP contribution in [0.15, 0.2) is 30.3 Å². The molecule has 90 valence electrons. The van der Waals surface area contributed by atoms with Gasteiger partial charge in [-0.25, -0.2) is 4.79 Å². The van der Waals surface area contributed by atoms with Gasteiger partial charge in [-0.15, -0.1) is 0 Å². The molecule has 0 aromatic heterocycles. The lowest BCUT2D eigenvalue weighted by atomic mass is 9.77. The van der Waals surface area contributed by atoms with Crippen molar-refractivity contribution in [3.63, 3.8) is 0 Å². The molecular formula is C13H16N2O2. The Balaban J connectivity index is 1.62. The van der Waals surface area contributed by atoms with E-state index in [1.807, 2.05) is 18.2 Å². The van der Waals surface area contributed by atoms with Crippen molar-refractivity contribution in [3.8, 4) is 0 Å². The van der Waals surface area contributed by atoms with Crippen molar-refractivity contribution < 1.29 is 9.90 Å². The van der Waals surface area contributed by atoms with E-state index in [-0.39, 0.29) is 5.54 Å². The summed E-state index contributed by atoms with van der Waals surface area (Å²) in [6, 6.07) is 10.4. The second kappa shape index (κ2) is 3.74. The number of carboxylic acid groups (broad SMARTS) is 1. The fourth-order valence-electron chi connectivity index (χ4n) is 2.79. The van der Waals surface area contributed by atoms with Gasteiger partial charge in [0, 0.05) is 26.2 Å². The van der Waals surface area contributed by atoms with Crippen LogP contribution in [-0.2, 0) is 6.54 Å². The largest absolute Gasteiger partial charge is 0.465 e. The summed E-state index contributed by atoms with van der Waals surface area (Å²) in [5.74, 6) is 0. The fourth-order valence-corrected chi connectivity index (χ4v) is 2.79. The van der Waals surface area contributed by atoms with Crippen molar-refractivity contribution in [1.29, 1.82) is 0 Å². The first-order valence-electron chi connectivity index (χ1n) is 5.96. The van der Waals surface area contributed by atoms with Crippen LogP contribution in [0.4, 0.5) is 4.79 Å². The summed E-state index contributed by atoms with van der Waals surface area (Å²) in [5, 5.41) is 8.87. The summed E-state index contributed by atoms with van der Waals surface area (Å²) in [6.07, 6.45) is 0.339. The quantitative estimate of drug-likeness (QED) is 0.842. The molecule has 2 heterocycles. The maximum atomic E-state index is 10.8. The molecule has 0 atom stereocenters. The second-order valence-corrected chi connectivity index (χ2v) is 5.02. The van der Waals surface area contributed by atoms with Crippen molar-refractivity contribution >= 4 is 6.09 Å². The predicted octanol–water partition coefficient (Wildman–Crippen LogP) is 1.62. The SMILES string of the molecule is O=C(O)N1CC2(CCN2Cc2ccccc2)C1. The Morgan fingerprint density at radius 3 is 2.53 bits per heavy atom. The number of hydrogen-bond donors (Lipinski definition) is 1. The Morgan fingerprint density at radius 2 is 2.00 bits per heavy atom. The highest BCUT2D eigenvalue weighted by Gasteiger charge is 2.54. The van der Waals surface area contributed by atoms with Crippen LogP contribution in [0.5, 0.6) is 0 Å². The summed E-state index contributed by atoms with van der Waals surface area (Å²) in [6.45, 7) is 3.38. The van der Waals surface area contributed by atoms with Crippen molar-refractivity contribution in [1.82, 2.24) is 9.80 Å². The van der Waals surface area contributed by atoms with Gasteiger partial charge in [0.2, 0.25) is 0 Å². The normalized spacial score (nSPS) is 22.0. The summed E-state index contributed by atoms with van der Waals surface area (Å²) in [7, 11) is 0. The molecule has 3 rings (SSSR count). The minimum atomic E-state index is -0.790. The van der Waals surface area contributed by atoms with Crippen LogP contribution in [0.25, 0.3) is 0 Å². The van der Waals surface area contributed by atoms with Gasteiger partial charge in [-0.2, -0.15) is 0 Å². The van der Waals surface area contributed by atoms with Gasteiger partial charge < -0.3 is 10.0 Å². The van der Waals surface area contributed by atoms with Gasteiger partial charge in [-0.05, 0) is 12.0 Å². The molecule has 2 fully saturated rings. The van der Waals surface area contributed by atoms with Gasteiger partial charge in [-0.3, -0.25) is 4.90 Å². The van der Waals surface area contributed by atoms with Crippen LogP contribution in [0.1, 0.15) is 12.0 Å². The monoisotopic (exact) mass is 232 g/mol. The molecule has 2 saturated heterocycles. The van der Waals surface area contributed by atoms with Crippen LogP contribution in [-0.4, -0.2) is 46.2 Å². The zero-order valence-electron chi connectivity index (χ0n) is 9.67. The Hall–Kier alpha value is -1.55. The number of nitrogens with zero attached hydrogens (tertiary/aromatic N) is 2.